The van der Waals surface area contributed by atoms with Gasteiger partial charge in [0.05, 0.1) is 6.54 Å². The van der Waals surface area contributed by atoms with E-state index in [1.807, 2.05) is 24.3 Å². The first-order chi connectivity index (χ1) is 6.75. The van der Waals surface area contributed by atoms with Crippen LogP contribution in [0.25, 0.3) is 0 Å². The topological polar surface area (TPSA) is 53.5 Å². The van der Waals surface area contributed by atoms with Crippen molar-refractivity contribution < 1.29 is 4.79 Å². The van der Waals surface area contributed by atoms with Crippen molar-refractivity contribution in [2.45, 2.75) is 13.5 Å². The van der Waals surface area contributed by atoms with Crippen molar-refractivity contribution >= 4 is 17.6 Å². The van der Waals surface area contributed by atoms with Gasteiger partial charge in [-0.3, -0.25) is 10.1 Å². The summed E-state index contributed by atoms with van der Waals surface area (Å²) in [5.41, 5.74) is 2.15. The number of carbonyl (C=O) groups excluding carboxylic acids is 1. The van der Waals surface area contributed by atoms with Crippen molar-refractivity contribution in [1.29, 1.82) is 0 Å². The smallest absolute Gasteiger partial charge is 0.223 e. The molecule has 1 heterocycles. The van der Waals surface area contributed by atoms with Crippen LogP contribution >= 0.6 is 0 Å². The van der Waals surface area contributed by atoms with Crippen LogP contribution in [0.1, 0.15) is 12.5 Å². The molecule has 0 bridgehead atoms. The summed E-state index contributed by atoms with van der Waals surface area (Å²) in [7, 11) is 0. The summed E-state index contributed by atoms with van der Waals surface area (Å²) in [5, 5.41) is 5.67. The van der Waals surface area contributed by atoms with Crippen molar-refractivity contribution in [2.75, 3.05) is 5.32 Å². The maximum absolute atomic E-state index is 10.8. The van der Waals surface area contributed by atoms with Crippen molar-refractivity contribution in [2.24, 2.45) is 4.99 Å². The van der Waals surface area contributed by atoms with Gasteiger partial charge in [0.15, 0.2) is 0 Å². The van der Waals surface area contributed by atoms with E-state index in [4.69, 9.17) is 0 Å². The maximum atomic E-state index is 10.8. The number of guanidine groups is 1. The van der Waals surface area contributed by atoms with Gasteiger partial charge in [-0.15, -0.1) is 0 Å². The van der Waals surface area contributed by atoms with E-state index in [0.29, 0.717) is 12.5 Å². The minimum atomic E-state index is -0.115. The highest BCUT2D eigenvalue weighted by Crippen LogP contribution is 2.18. The molecular formula is C10H11N3O. The molecule has 1 aromatic carbocycles. The summed E-state index contributed by atoms with van der Waals surface area (Å²) < 4.78 is 0. The van der Waals surface area contributed by atoms with Crippen molar-refractivity contribution in [3.63, 3.8) is 0 Å². The molecule has 4 nitrogen and oxygen atoms in total. The number of fused-ring (bicyclic) bond motifs is 1. The Morgan fingerprint density at radius 1 is 1.50 bits per heavy atom. The predicted octanol–water partition coefficient (Wildman–Crippen LogP) is 1.10. The second-order valence-electron chi connectivity index (χ2n) is 3.13. The van der Waals surface area contributed by atoms with Crippen molar-refractivity contribution in [3.05, 3.63) is 29.8 Å². The minimum absolute atomic E-state index is 0.115. The van der Waals surface area contributed by atoms with E-state index in [1.54, 1.807) is 0 Å². The number of nitrogens with one attached hydrogen (secondary N) is 2. The summed E-state index contributed by atoms with van der Waals surface area (Å²) in [4.78, 5) is 15.0. The molecule has 1 aromatic rings. The van der Waals surface area contributed by atoms with Gasteiger partial charge in [-0.25, -0.2) is 4.99 Å². The summed E-state index contributed by atoms with van der Waals surface area (Å²) in [6.45, 7) is 2.07. The molecule has 0 fully saturated rings. The zero-order valence-electron chi connectivity index (χ0n) is 7.87. The number of amides is 1. The lowest BCUT2D eigenvalue weighted by Crippen LogP contribution is -2.36. The van der Waals surface area contributed by atoms with Crippen LogP contribution in [0.15, 0.2) is 29.3 Å². The van der Waals surface area contributed by atoms with E-state index in [0.717, 1.165) is 11.3 Å². The third-order valence-electron chi connectivity index (χ3n) is 1.97. The van der Waals surface area contributed by atoms with Gasteiger partial charge in [0, 0.05) is 12.6 Å². The number of hydrogen-bond donors (Lipinski definition) is 2. The zero-order chi connectivity index (χ0) is 9.97. The predicted molar refractivity (Wildman–Crippen MR) is 55.0 cm³/mol. The quantitative estimate of drug-likeness (QED) is 0.642. The van der Waals surface area contributed by atoms with Gasteiger partial charge in [0.2, 0.25) is 11.9 Å². The van der Waals surface area contributed by atoms with Gasteiger partial charge in [0.25, 0.3) is 0 Å². The third-order valence-corrected chi connectivity index (χ3v) is 1.97. The summed E-state index contributed by atoms with van der Waals surface area (Å²) >= 11 is 0. The highest BCUT2D eigenvalue weighted by atomic mass is 16.1. The van der Waals surface area contributed by atoms with E-state index in [-0.39, 0.29) is 5.91 Å². The Labute approximate surface area is 82.0 Å². The highest BCUT2D eigenvalue weighted by Gasteiger charge is 2.10. The molecule has 1 aliphatic heterocycles. The first kappa shape index (κ1) is 8.74. The molecular weight excluding hydrogens is 178 g/mol. The van der Waals surface area contributed by atoms with E-state index in [9.17, 15) is 4.79 Å². The Morgan fingerprint density at radius 3 is 3.07 bits per heavy atom. The second kappa shape index (κ2) is 3.49. The van der Waals surface area contributed by atoms with Crippen molar-refractivity contribution in [3.8, 4) is 0 Å². The normalized spacial score (nSPS) is 13.6. The molecule has 14 heavy (non-hydrogen) atoms. The molecule has 0 aliphatic carbocycles. The number of para-hydroxylation sites is 1. The van der Waals surface area contributed by atoms with Gasteiger partial charge < -0.3 is 5.32 Å². The molecule has 0 saturated carbocycles. The fourth-order valence-electron chi connectivity index (χ4n) is 1.35. The maximum Gasteiger partial charge on any atom is 0.223 e. The molecule has 72 valence electrons. The average Bonchev–Trinajstić information content (AvgIpc) is 2.17. The number of aliphatic imine (C=N–C) groups is 1. The van der Waals surface area contributed by atoms with Crippen LogP contribution < -0.4 is 10.6 Å². The summed E-state index contributed by atoms with van der Waals surface area (Å²) in [5.74, 6) is 0.409. The van der Waals surface area contributed by atoms with E-state index in [2.05, 4.69) is 15.6 Å². The molecule has 0 atom stereocenters. The van der Waals surface area contributed by atoms with Gasteiger partial charge in [-0.1, -0.05) is 18.2 Å². The van der Waals surface area contributed by atoms with E-state index >= 15 is 0 Å². The van der Waals surface area contributed by atoms with Crippen LogP contribution in [0.5, 0.6) is 0 Å². The number of benzene rings is 1. The summed E-state index contributed by atoms with van der Waals surface area (Å²) in [6, 6.07) is 7.89. The Hall–Kier alpha value is -1.84. The lowest BCUT2D eigenvalue weighted by Gasteiger charge is -2.17. The molecule has 0 unspecified atom stereocenters. The second-order valence-corrected chi connectivity index (χ2v) is 3.13. The van der Waals surface area contributed by atoms with Gasteiger partial charge in [-0.2, -0.15) is 0 Å². The zero-order valence-corrected chi connectivity index (χ0v) is 7.87. The fraction of sp³-hybridized carbons (Fsp3) is 0.200. The molecule has 0 aromatic heterocycles. The van der Waals surface area contributed by atoms with Gasteiger partial charge in [-0.05, 0) is 11.6 Å². The molecule has 2 N–H and O–H groups in total. The molecule has 0 spiro atoms. The number of hydrogen-bond acceptors (Lipinski definition) is 3. The number of rotatable bonds is 0. The van der Waals surface area contributed by atoms with Gasteiger partial charge >= 0.3 is 0 Å². The first-order valence-corrected chi connectivity index (χ1v) is 4.42. The molecule has 2 rings (SSSR count). The number of nitrogens with zero attached hydrogens (tertiary/aromatic N) is 1. The minimum Gasteiger partial charge on any atom is -0.326 e. The molecule has 1 amide bonds. The van der Waals surface area contributed by atoms with Crippen LogP contribution in [-0.4, -0.2) is 11.9 Å². The molecule has 0 saturated heterocycles. The highest BCUT2D eigenvalue weighted by molar-refractivity contribution is 6.04. The summed E-state index contributed by atoms with van der Waals surface area (Å²) in [6.07, 6.45) is 0. The van der Waals surface area contributed by atoms with Gasteiger partial charge in [0.1, 0.15) is 0 Å². The number of carbonyl (C=O) groups is 1. The van der Waals surface area contributed by atoms with Crippen LogP contribution in [0, 0.1) is 0 Å². The Kier molecular flexibility index (Phi) is 2.18. The monoisotopic (exact) mass is 189 g/mol. The lowest BCUT2D eigenvalue weighted by atomic mass is 10.1. The van der Waals surface area contributed by atoms with E-state index in [1.165, 1.54) is 6.92 Å². The lowest BCUT2D eigenvalue weighted by molar-refractivity contribution is -0.117. The third kappa shape index (κ3) is 1.74. The van der Waals surface area contributed by atoms with Crippen LogP contribution in [-0.2, 0) is 11.3 Å². The van der Waals surface area contributed by atoms with Crippen LogP contribution in [0.3, 0.4) is 0 Å². The first-order valence-electron chi connectivity index (χ1n) is 4.42. The molecule has 4 heteroatoms. The van der Waals surface area contributed by atoms with Crippen molar-refractivity contribution in [1.82, 2.24) is 5.32 Å². The fourth-order valence-corrected chi connectivity index (χ4v) is 1.35. The van der Waals surface area contributed by atoms with E-state index < -0.39 is 0 Å². The number of anilines is 1. The largest absolute Gasteiger partial charge is 0.326 e. The Balaban J connectivity index is 2.17. The Bertz CT molecular complexity index is 398. The average molecular weight is 189 g/mol. The molecule has 0 radical (unpaired) electrons. The SMILES string of the molecule is CC(=O)NC1=NCc2ccccc2N1. The van der Waals surface area contributed by atoms with Crippen LogP contribution in [0.4, 0.5) is 5.69 Å². The Morgan fingerprint density at radius 2 is 2.29 bits per heavy atom. The standard InChI is InChI=1S/C10H11N3O/c1-7(14)12-10-11-6-8-4-2-3-5-9(8)13-10/h2-5H,6H2,1H3,(H2,11,12,13,14). The molecule has 1 aliphatic rings. The van der Waals surface area contributed by atoms with Crippen LogP contribution in [0.2, 0.25) is 0 Å².